The summed E-state index contributed by atoms with van der Waals surface area (Å²) in [5.74, 6) is -0.301. The molecule has 0 atom stereocenters. The van der Waals surface area contributed by atoms with Crippen LogP contribution < -0.4 is 10.5 Å². The van der Waals surface area contributed by atoms with Crippen LogP contribution in [0.1, 0.15) is 38.9 Å². The number of nitriles is 1. The van der Waals surface area contributed by atoms with E-state index < -0.39 is 5.97 Å². The van der Waals surface area contributed by atoms with Gasteiger partial charge in [0.2, 0.25) is 0 Å². The van der Waals surface area contributed by atoms with Gasteiger partial charge >= 0.3 is 5.97 Å². The number of halogens is 1. The van der Waals surface area contributed by atoms with Crippen LogP contribution in [0.5, 0.6) is 5.75 Å². The van der Waals surface area contributed by atoms with Crippen LogP contribution in [0.2, 0.25) is 5.02 Å². The number of aromatic nitrogens is 1. The fourth-order valence-corrected chi connectivity index (χ4v) is 3.19. The molecule has 0 unspecified atom stereocenters. The number of nitrogens with two attached hydrogens (primary N) is 1. The number of esters is 1. The predicted octanol–water partition coefficient (Wildman–Crippen LogP) is 4.00. The van der Waals surface area contributed by atoms with Gasteiger partial charge in [0, 0.05) is 17.3 Å². The molecular formula is C22H18ClN3O4. The van der Waals surface area contributed by atoms with E-state index in [9.17, 15) is 14.9 Å². The SMILES string of the molecule is CCOc1ccc(C(=O)c2ccc(Cl)c(-n3cc(C#N)c(N)c3C(=O)OC)c2)cc1. The molecule has 7 nitrogen and oxygen atoms in total. The Bertz CT molecular complexity index is 1160. The predicted molar refractivity (Wildman–Crippen MR) is 112 cm³/mol. The van der Waals surface area contributed by atoms with E-state index in [1.807, 2.05) is 13.0 Å². The van der Waals surface area contributed by atoms with Gasteiger partial charge in [-0.2, -0.15) is 5.26 Å². The number of ketones is 1. The molecule has 0 bridgehead atoms. The minimum atomic E-state index is -0.728. The molecule has 30 heavy (non-hydrogen) atoms. The lowest BCUT2D eigenvalue weighted by Crippen LogP contribution is -2.12. The summed E-state index contributed by atoms with van der Waals surface area (Å²) >= 11 is 6.34. The molecule has 152 valence electrons. The smallest absolute Gasteiger partial charge is 0.357 e. The molecule has 0 saturated carbocycles. The molecule has 0 aliphatic rings. The van der Waals surface area contributed by atoms with Gasteiger partial charge in [-0.1, -0.05) is 11.6 Å². The second kappa shape index (κ2) is 8.72. The molecule has 0 fully saturated rings. The van der Waals surface area contributed by atoms with Gasteiger partial charge in [0.05, 0.1) is 35.7 Å². The zero-order chi connectivity index (χ0) is 21.8. The van der Waals surface area contributed by atoms with Gasteiger partial charge < -0.3 is 19.8 Å². The summed E-state index contributed by atoms with van der Waals surface area (Å²) in [7, 11) is 1.21. The quantitative estimate of drug-likeness (QED) is 0.474. The van der Waals surface area contributed by atoms with Crippen LogP contribution in [0.15, 0.2) is 48.7 Å². The second-order valence-corrected chi connectivity index (χ2v) is 6.64. The molecule has 0 amide bonds. The molecule has 3 rings (SSSR count). The van der Waals surface area contributed by atoms with Crippen molar-refractivity contribution in [2.75, 3.05) is 19.5 Å². The normalized spacial score (nSPS) is 10.3. The highest BCUT2D eigenvalue weighted by Gasteiger charge is 2.23. The number of carbonyl (C=O) groups is 2. The summed E-state index contributed by atoms with van der Waals surface area (Å²) in [4.78, 5) is 25.2. The molecule has 8 heteroatoms. The Labute approximate surface area is 178 Å². The van der Waals surface area contributed by atoms with E-state index in [2.05, 4.69) is 0 Å². The molecule has 2 aromatic carbocycles. The second-order valence-electron chi connectivity index (χ2n) is 6.23. The summed E-state index contributed by atoms with van der Waals surface area (Å²) in [5, 5.41) is 9.55. The van der Waals surface area contributed by atoms with Crippen molar-refractivity contribution in [3.8, 4) is 17.5 Å². The first-order chi connectivity index (χ1) is 14.4. The van der Waals surface area contributed by atoms with Crippen LogP contribution >= 0.6 is 11.6 Å². The lowest BCUT2D eigenvalue weighted by atomic mass is 10.0. The number of nitrogen functional groups attached to an aromatic ring is 1. The summed E-state index contributed by atoms with van der Waals surface area (Å²) in [5.41, 5.74) is 7.10. The lowest BCUT2D eigenvalue weighted by molar-refractivity contribution is 0.0593. The maximum absolute atomic E-state index is 13.0. The van der Waals surface area contributed by atoms with Crippen molar-refractivity contribution in [3.05, 3.63) is 76.1 Å². The number of benzene rings is 2. The van der Waals surface area contributed by atoms with E-state index in [1.54, 1.807) is 36.4 Å². The van der Waals surface area contributed by atoms with Crippen LogP contribution in [-0.4, -0.2) is 30.0 Å². The van der Waals surface area contributed by atoms with Gasteiger partial charge in [0.15, 0.2) is 11.5 Å². The van der Waals surface area contributed by atoms with Gasteiger partial charge in [-0.3, -0.25) is 4.79 Å². The molecule has 0 aliphatic carbocycles. The zero-order valence-electron chi connectivity index (χ0n) is 16.3. The number of anilines is 1. The maximum Gasteiger partial charge on any atom is 0.357 e. The molecule has 0 radical (unpaired) electrons. The van der Waals surface area contributed by atoms with Crippen molar-refractivity contribution in [3.63, 3.8) is 0 Å². The Morgan fingerprint density at radius 3 is 2.43 bits per heavy atom. The van der Waals surface area contributed by atoms with Crippen molar-refractivity contribution in [1.29, 1.82) is 5.26 Å². The van der Waals surface area contributed by atoms with Crippen molar-refractivity contribution in [2.45, 2.75) is 6.92 Å². The first kappa shape index (κ1) is 21.0. The number of hydrogen-bond acceptors (Lipinski definition) is 6. The Hall–Kier alpha value is -3.76. The van der Waals surface area contributed by atoms with E-state index in [4.69, 9.17) is 26.8 Å². The van der Waals surface area contributed by atoms with E-state index in [1.165, 1.54) is 23.9 Å². The van der Waals surface area contributed by atoms with E-state index in [-0.39, 0.29) is 27.8 Å². The monoisotopic (exact) mass is 423 g/mol. The average molecular weight is 424 g/mol. The van der Waals surface area contributed by atoms with Crippen molar-refractivity contribution < 1.29 is 19.1 Å². The highest BCUT2D eigenvalue weighted by Crippen LogP contribution is 2.30. The number of carbonyl (C=O) groups excluding carboxylic acids is 2. The van der Waals surface area contributed by atoms with Crippen LogP contribution in [0.25, 0.3) is 5.69 Å². The van der Waals surface area contributed by atoms with E-state index in [0.717, 1.165) is 0 Å². The van der Waals surface area contributed by atoms with Gasteiger partial charge in [-0.25, -0.2) is 4.79 Å². The van der Waals surface area contributed by atoms with Crippen LogP contribution in [0, 0.1) is 11.3 Å². The van der Waals surface area contributed by atoms with Crippen LogP contribution in [0.3, 0.4) is 0 Å². The molecule has 0 spiro atoms. The Morgan fingerprint density at radius 1 is 1.17 bits per heavy atom. The highest BCUT2D eigenvalue weighted by atomic mass is 35.5. The Morgan fingerprint density at radius 2 is 1.83 bits per heavy atom. The van der Waals surface area contributed by atoms with Crippen LogP contribution in [0.4, 0.5) is 5.69 Å². The third-order valence-electron chi connectivity index (χ3n) is 4.44. The third kappa shape index (κ3) is 3.86. The topological polar surface area (TPSA) is 107 Å². The molecule has 2 N–H and O–H groups in total. The first-order valence-corrected chi connectivity index (χ1v) is 9.35. The standard InChI is InChI=1S/C22H18ClN3O4/c1-3-30-16-7-4-13(5-8-16)21(27)14-6-9-17(23)18(10-14)26-12-15(11-24)19(25)20(26)22(28)29-2/h4-10,12H,3,25H2,1-2H3. The number of nitrogens with zero attached hydrogens (tertiary/aromatic N) is 2. The van der Waals surface area contributed by atoms with Crippen molar-refractivity contribution in [2.24, 2.45) is 0 Å². The summed E-state index contributed by atoms with van der Waals surface area (Å²) in [6.07, 6.45) is 1.38. The van der Waals surface area contributed by atoms with Gasteiger partial charge in [-0.15, -0.1) is 0 Å². The van der Waals surface area contributed by atoms with E-state index in [0.29, 0.717) is 29.2 Å². The Kier molecular flexibility index (Phi) is 6.09. The summed E-state index contributed by atoms with van der Waals surface area (Å²) in [6.45, 7) is 2.41. The largest absolute Gasteiger partial charge is 0.494 e. The molecule has 0 saturated heterocycles. The van der Waals surface area contributed by atoms with Crippen molar-refractivity contribution in [1.82, 2.24) is 4.57 Å². The van der Waals surface area contributed by atoms with E-state index >= 15 is 0 Å². The molecule has 3 aromatic rings. The molecular weight excluding hydrogens is 406 g/mol. The maximum atomic E-state index is 13.0. The third-order valence-corrected chi connectivity index (χ3v) is 4.76. The fourth-order valence-electron chi connectivity index (χ4n) is 2.98. The minimum Gasteiger partial charge on any atom is -0.494 e. The molecule has 1 heterocycles. The number of hydrogen-bond donors (Lipinski definition) is 1. The zero-order valence-corrected chi connectivity index (χ0v) is 17.1. The first-order valence-electron chi connectivity index (χ1n) is 8.98. The minimum absolute atomic E-state index is 0.0244. The average Bonchev–Trinajstić information content (AvgIpc) is 3.10. The van der Waals surface area contributed by atoms with Gasteiger partial charge in [0.1, 0.15) is 11.8 Å². The Balaban J connectivity index is 2.08. The fraction of sp³-hybridized carbons (Fsp3) is 0.136. The lowest BCUT2D eigenvalue weighted by Gasteiger charge is -2.12. The molecule has 0 aliphatic heterocycles. The van der Waals surface area contributed by atoms with Gasteiger partial charge in [-0.05, 0) is 49.4 Å². The van der Waals surface area contributed by atoms with Gasteiger partial charge in [0.25, 0.3) is 0 Å². The summed E-state index contributed by atoms with van der Waals surface area (Å²) in [6, 6.07) is 13.4. The molecule has 1 aromatic heterocycles. The highest BCUT2D eigenvalue weighted by molar-refractivity contribution is 6.32. The number of methoxy groups -OCH3 is 1. The number of rotatable bonds is 6. The number of ether oxygens (including phenoxy) is 2. The van der Waals surface area contributed by atoms with Crippen molar-refractivity contribution >= 4 is 29.0 Å². The summed E-state index contributed by atoms with van der Waals surface area (Å²) < 4.78 is 11.5. The van der Waals surface area contributed by atoms with Crippen LogP contribution in [-0.2, 0) is 4.74 Å².